The number of amides is 1. The molecule has 2 heterocycles. The van der Waals surface area contributed by atoms with Crippen molar-refractivity contribution in [3.05, 3.63) is 54.1 Å². The van der Waals surface area contributed by atoms with Crippen molar-refractivity contribution in [1.82, 2.24) is 10.2 Å². The second-order valence-corrected chi connectivity index (χ2v) is 9.95. The molecule has 1 N–H and O–H groups in total. The lowest BCUT2D eigenvalue weighted by Crippen LogP contribution is -2.50. The van der Waals surface area contributed by atoms with E-state index in [1.54, 1.807) is 24.3 Å². The molecule has 0 unspecified atom stereocenters. The molecule has 0 spiro atoms. The zero-order valence-electron chi connectivity index (χ0n) is 17.8. The van der Waals surface area contributed by atoms with Gasteiger partial charge in [0.05, 0.1) is 18.5 Å². The number of fused-ring (bicyclic) bond motifs is 1. The van der Waals surface area contributed by atoms with Gasteiger partial charge in [0.15, 0.2) is 6.10 Å². The molecular formula is C22H28N4O4S. The Morgan fingerprint density at radius 3 is 2.42 bits per heavy atom. The van der Waals surface area contributed by atoms with Gasteiger partial charge in [-0.3, -0.25) is 9.10 Å². The van der Waals surface area contributed by atoms with Gasteiger partial charge in [-0.15, -0.1) is 0 Å². The third kappa shape index (κ3) is 4.94. The van der Waals surface area contributed by atoms with E-state index in [-0.39, 0.29) is 12.5 Å². The van der Waals surface area contributed by atoms with Gasteiger partial charge in [0.25, 0.3) is 5.91 Å². The van der Waals surface area contributed by atoms with E-state index in [4.69, 9.17) is 4.74 Å². The highest BCUT2D eigenvalue weighted by molar-refractivity contribution is 7.92. The number of hydrogen-bond acceptors (Lipinski definition) is 6. The normalized spacial score (nSPS) is 19.5. The Bertz CT molecular complexity index is 1030. The molecule has 2 aromatic rings. The van der Waals surface area contributed by atoms with Crippen molar-refractivity contribution in [3.63, 3.8) is 0 Å². The number of nitrogens with one attached hydrogen (secondary N) is 1. The van der Waals surface area contributed by atoms with Gasteiger partial charge in [-0.25, -0.2) is 8.42 Å². The lowest BCUT2D eigenvalue weighted by molar-refractivity contribution is -0.127. The van der Waals surface area contributed by atoms with E-state index in [0.29, 0.717) is 18.0 Å². The number of benzene rings is 2. The molecule has 166 valence electrons. The molecule has 2 aliphatic heterocycles. The van der Waals surface area contributed by atoms with Gasteiger partial charge in [-0.1, -0.05) is 24.3 Å². The molecule has 0 radical (unpaired) electrons. The average Bonchev–Trinajstić information content (AvgIpc) is 2.77. The summed E-state index contributed by atoms with van der Waals surface area (Å²) in [6.07, 6.45) is 0.223. The van der Waals surface area contributed by atoms with E-state index in [2.05, 4.69) is 34.3 Å². The topological polar surface area (TPSA) is 82.2 Å². The number of piperazine rings is 1. The predicted molar refractivity (Wildman–Crippen MR) is 121 cm³/mol. The van der Waals surface area contributed by atoms with Crippen molar-refractivity contribution in [2.45, 2.75) is 12.6 Å². The highest BCUT2D eigenvalue weighted by Crippen LogP contribution is 2.34. The molecule has 31 heavy (non-hydrogen) atoms. The van der Waals surface area contributed by atoms with Crippen LogP contribution in [0.2, 0.25) is 0 Å². The Balaban J connectivity index is 1.38. The molecule has 0 bridgehead atoms. The molecule has 4 rings (SSSR count). The number of likely N-dealkylation sites (N-methyl/N-ethyl adjacent to an activating group) is 1. The Morgan fingerprint density at radius 2 is 1.74 bits per heavy atom. The summed E-state index contributed by atoms with van der Waals surface area (Å²) < 4.78 is 31.4. The average molecular weight is 445 g/mol. The number of carbonyl (C=O) groups is 1. The minimum absolute atomic E-state index is 0.0516. The molecule has 1 fully saturated rings. The number of carbonyl (C=O) groups excluding carboxylic acids is 1. The van der Waals surface area contributed by atoms with Crippen LogP contribution in [0.3, 0.4) is 0 Å². The third-order valence-corrected chi connectivity index (χ3v) is 6.85. The summed E-state index contributed by atoms with van der Waals surface area (Å²) in [5.41, 5.74) is 2.61. The Labute approximate surface area is 183 Å². The van der Waals surface area contributed by atoms with Gasteiger partial charge in [0, 0.05) is 38.4 Å². The fraction of sp³-hybridized carbons (Fsp3) is 0.409. The predicted octanol–water partition coefficient (Wildman–Crippen LogP) is 1.28. The lowest BCUT2D eigenvalue weighted by atomic mass is 10.1. The van der Waals surface area contributed by atoms with Crippen LogP contribution in [-0.4, -0.2) is 71.4 Å². The molecule has 1 atom stereocenters. The Kier molecular flexibility index (Phi) is 6.06. The zero-order valence-corrected chi connectivity index (χ0v) is 18.6. The van der Waals surface area contributed by atoms with Gasteiger partial charge in [0.1, 0.15) is 5.75 Å². The first-order valence-corrected chi connectivity index (χ1v) is 12.2. The summed E-state index contributed by atoms with van der Waals surface area (Å²) in [6, 6.07) is 15.0. The smallest absolute Gasteiger partial charge is 0.263 e. The van der Waals surface area contributed by atoms with Gasteiger partial charge in [-0.05, 0) is 36.9 Å². The van der Waals surface area contributed by atoms with Crippen LogP contribution in [0.4, 0.5) is 11.4 Å². The molecule has 2 aromatic carbocycles. The minimum Gasteiger partial charge on any atom is -0.476 e. The van der Waals surface area contributed by atoms with Crippen LogP contribution >= 0.6 is 0 Å². The van der Waals surface area contributed by atoms with Crippen LogP contribution in [0.15, 0.2) is 48.5 Å². The molecule has 1 saturated heterocycles. The number of hydrogen-bond donors (Lipinski definition) is 1. The van der Waals surface area contributed by atoms with Crippen molar-refractivity contribution in [2.24, 2.45) is 0 Å². The standard InChI is InChI=1S/C22H28N4O4S/c1-24-11-13-25(14-12-24)18-9-7-17(8-10-18)15-23-22(27)21-16-26(31(2,28)29)19-5-3-4-6-20(19)30-21/h3-10,21H,11-16H2,1-2H3,(H,23,27)/t21-/m1/s1. The van der Waals surface area contributed by atoms with Crippen molar-refractivity contribution in [1.29, 1.82) is 0 Å². The van der Waals surface area contributed by atoms with E-state index in [9.17, 15) is 13.2 Å². The first-order valence-electron chi connectivity index (χ1n) is 10.3. The fourth-order valence-corrected chi connectivity index (χ4v) is 4.76. The van der Waals surface area contributed by atoms with Crippen molar-refractivity contribution >= 4 is 27.3 Å². The molecule has 0 saturated carbocycles. The molecule has 1 amide bonds. The third-order valence-electron chi connectivity index (χ3n) is 5.70. The zero-order chi connectivity index (χ0) is 22.0. The first kappa shape index (κ1) is 21.5. The van der Waals surface area contributed by atoms with Crippen LogP contribution in [0.25, 0.3) is 0 Å². The van der Waals surface area contributed by atoms with Crippen molar-refractivity contribution < 1.29 is 17.9 Å². The number of rotatable bonds is 5. The number of para-hydroxylation sites is 2. The summed E-state index contributed by atoms with van der Waals surface area (Å²) >= 11 is 0. The maximum atomic E-state index is 12.7. The van der Waals surface area contributed by atoms with E-state index in [1.807, 2.05) is 12.1 Å². The summed E-state index contributed by atoms with van der Waals surface area (Å²) in [6.45, 7) is 4.40. The highest BCUT2D eigenvalue weighted by Gasteiger charge is 2.34. The summed E-state index contributed by atoms with van der Waals surface area (Å²) in [4.78, 5) is 17.4. The number of ether oxygens (including phenoxy) is 1. The first-order chi connectivity index (χ1) is 14.8. The fourth-order valence-electron chi connectivity index (χ4n) is 3.85. The number of sulfonamides is 1. The van der Waals surface area contributed by atoms with Gasteiger partial charge >= 0.3 is 0 Å². The number of anilines is 2. The van der Waals surface area contributed by atoms with Crippen LogP contribution in [0.5, 0.6) is 5.75 Å². The maximum Gasteiger partial charge on any atom is 0.263 e. The SMILES string of the molecule is CN1CCN(c2ccc(CNC(=O)[C@H]3CN(S(C)(=O)=O)c4ccccc4O3)cc2)CC1. The number of nitrogens with zero attached hydrogens (tertiary/aromatic N) is 3. The maximum absolute atomic E-state index is 12.7. The van der Waals surface area contributed by atoms with E-state index in [0.717, 1.165) is 38.0 Å². The van der Waals surface area contributed by atoms with Crippen molar-refractivity contribution in [2.75, 3.05) is 55.2 Å². The van der Waals surface area contributed by atoms with E-state index >= 15 is 0 Å². The van der Waals surface area contributed by atoms with Crippen LogP contribution in [0.1, 0.15) is 5.56 Å². The summed E-state index contributed by atoms with van der Waals surface area (Å²) in [5, 5.41) is 2.87. The van der Waals surface area contributed by atoms with Crippen LogP contribution in [-0.2, 0) is 21.4 Å². The molecule has 2 aliphatic rings. The monoisotopic (exact) mass is 444 g/mol. The highest BCUT2D eigenvalue weighted by atomic mass is 32.2. The quantitative estimate of drug-likeness (QED) is 0.748. The van der Waals surface area contributed by atoms with Gasteiger partial charge < -0.3 is 19.9 Å². The molecule has 9 heteroatoms. The summed E-state index contributed by atoms with van der Waals surface area (Å²) in [5.74, 6) is 0.0437. The Hall–Kier alpha value is -2.78. The molecule has 8 nitrogen and oxygen atoms in total. The molecule has 0 aliphatic carbocycles. The molecule has 0 aromatic heterocycles. The largest absolute Gasteiger partial charge is 0.476 e. The van der Waals surface area contributed by atoms with E-state index in [1.165, 1.54) is 9.99 Å². The van der Waals surface area contributed by atoms with Crippen LogP contribution in [0, 0.1) is 0 Å². The van der Waals surface area contributed by atoms with Crippen LogP contribution < -0.4 is 19.3 Å². The van der Waals surface area contributed by atoms with Gasteiger partial charge in [0.2, 0.25) is 10.0 Å². The van der Waals surface area contributed by atoms with Gasteiger partial charge in [-0.2, -0.15) is 0 Å². The Morgan fingerprint density at radius 1 is 1.06 bits per heavy atom. The second-order valence-electron chi connectivity index (χ2n) is 8.04. The lowest BCUT2D eigenvalue weighted by Gasteiger charge is -2.34. The summed E-state index contributed by atoms with van der Waals surface area (Å²) in [7, 11) is -1.39. The van der Waals surface area contributed by atoms with E-state index < -0.39 is 16.1 Å². The molecular weight excluding hydrogens is 416 g/mol. The minimum atomic E-state index is -3.53. The van der Waals surface area contributed by atoms with Crippen molar-refractivity contribution in [3.8, 4) is 5.75 Å². The second kappa shape index (κ2) is 8.76.